The summed E-state index contributed by atoms with van der Waals surface area (Å²) in [6, 6.07) is 12.3. The SMILES string of the molecule is Cc1ccoc1CNc1nnc(SCc2ccccc2)s1. The Balaban J connectivity index is 1.53. The van der Waals surface area contributed by atoms with Crippen LogP contribution in [0.25, 0.3) is 0 Å². The summed E-state index contributed by atoms with van der Waals surface area (Å²) in [5.41, 5.74) is 2.43. The predicted octanol–water partition coefficient (Wildman–Crippen LogP) is 4.34. The van der Waals surface area contributed by atoms with Crippen LogP contribution in [-0.2, 0) is 12.3 Å². The monoisotopic (exact) mass is 317 g/mol. The highest BCUT2D eigenvalue weighted by Gasteiger charge is 2.07. The van der Waals surface area contributed by atoms with Gasteiger partial charge in [0.1, 0.15) is 5.76 Å². The fourth-order valence-corrected chi connectivity index (χ4v) is 3.50. The Morgan fingerprint density at radius 3 is 2.81 bits per heavy atom. The maximum Gasteiger partial charge on any atom is 0.206 e. The molecule has 0 fully saturated rings. The van der Waals surface area contributed by atoms with Crippen molar-refractivity contribution in [3.63, 3.8) is 0 Å². The van der Waals surface area contributed by atoms with Crippen molar-refractivity contribution in [2.75, 3.05) is 5.32 Å². The fraction of sp³-hybridized carbons (Fsp3) is 0.200. The average molecular weight is 317 g/mol. The number of hydrogen-bond acceptors (Lipinski definition) is 6. The lowest BCUT2D eigenvalue weighted by molar-refractivity contribution is 0.515. The second-order valence-corrected chi connectivity index (χ2v) is 6.73. The molecule has 3 aromatic rings. The topological polar surface area (TPSA) is 51.0 Å². The molecule has 6 heteroatoms. The van der Waals surface area contributed by atoms with Gasteiger partial charge < -0.3 is 9.73 Å². The molecular weight excluding hydrogens is 302 g/mol. The third kappa shape index (κ3) is 3.86. The number of aromatic nitrogens is 2. The van der Waals surface area contributed by atoms with E-state index >= 15 is 0 Å². The van der Waals surface area contributed by atoms with Crippen LogP contribution in [0.3, 0.4) is 0 Å². The zero-order valence-electron chi connectivity index (χ0n) is 11.6. The first-order valence-electron chi connectivity index (χ1n) is 6.58. The molecule has 21 heavy (non-hydrogen) atoms. The lowest BCUT2D eigenvalue weighted by Crippen LogP contribution is -1.98. The lowest BCUT2D eigenvalue weighted by Gasteiger charge is -1.99. The van der Waals surface area contributed by atoms with Crippen LogP contribution in [0.4, 0.5) is 5.13 Å². The largest absolute Gasteiger partial charge is 0.467 e. The summed E-state index contributed by atoms with van der Waals surface area (Å²) in [5.74, 6) is 1.84. The molecule has 1 aromatic carbocycles. The van der Waals surface area contributed by atoms with Crippen molar-refractivity contribution < 1.29 is 4.42 Å². The molecule has 3 rings (SSSR count). The third-order valence-corrected chi connectivity index (χ3v) is 5.07. The van der Waals surface area contributed by atoms with E-state index in [0.717, 1.165) is 26.5 Å². The second kappa shape index (κ2) is 6.78. The van der Waals surface area contributed by atoms with Crippen LogP contribution in [0, 0.1) is 6.92 Å². The Bertz CT molecular complexity index is 694. The number of nitrogens with zero attached hydrogens (tertiary/aromatic N) is 2. The fourth-order valence-electron chi connectivity index (χ4n) is 1.80. The van der Waals surface area contributed by atoms with Gasteiger partial charge >= 0.3 is 0 Å². The van der Waals surface area contributed by atoms with Crippen LogP contribution in [0.2, 0.25) is 0 Å². The number of anilines is 1. The number of aryl methyl sites for hydroxylation is 1. The molecule has 0 amide bonds. The van der Waals surface area contributed by atoms with Gasteiger partial charge in [-0.2, -0.15) is 0 Å². The van der Waals surface area contributed by atoms with Gasteiger partial charge in [-0.15, -0.1) is 10.2 Å². The molecule has 2 aromatic heterocycles. The molecule has 0 bridgehead atoms. The highest BCUT2D eigenvalue weighted by atomic mass is 32.2. The van der Waals surface area contributed by atoms with E-state index < -0.39 is 0 Å². The second-order valence-electron chi connectivity index (χ2n) is 4.53. The van der Waals surface area contributed by atoms with Crippen molar-refractivity contribution >= 4 is 28.2 Å². The zero-order chi connectivity index (χ0) is 14.5. The van der Waals surface area contributed by atoms with Gasteiger partial charge in [-0.3, -0.25) is 0 Å². The van der Waals surface area contributed by atoms with Gasteiger partial charge in [-0.1, -0.05) is 53.4 Å². The molecule has 108 valence electrons. The molecule has 0 aliphatic carbocycles. The minimum atomic E-state index is 0.636. The maximum absolute atomic E-state index is 5.39. The van der Waals surface area contributed by atoms with Crippen LogP contribution in [0.5, 0.6) is 0 Å². The van der Waals surface area contributed by atoms with E-state index in [4.69, 9.17) is 4.42 Å². The first-order valence-corrected chi connectivity index (χ1v) is 8.38. The van der Waals surface area contributed by atoms with Gasteiger partial charge in [-0.25, -0.2) is 0 Å². The highest BCUT2D eigenvalue weighted by Crippen LogP contribution is 2.28. The molecule has 4 nitrogen and oxygen atoms in total. The molecule has 0 atom stereocenters. The summed E-state index contributed by atoms with van der Waals surface area (Å²) in [4.78, 5) is 0. The molecule has 2 heterocycles. The van der Waals surface area contributed by atoms with Crippen LogP contribution < -0.4 is 5.32 Å². The Kier molecular flexibility index (Phi) is 4.57. The summed E-state index contributed by atoms with van der Waals surface area (Å²) in [7, 11) is 0. The number of rotatable bonds is 6. The smallest absolute Gasteiger partial charge is 0.206 e. The molecule has 0 radical (unpaired) electrons. The minimum absolute atomic E-state index is 0.636. The molecule has 0 unspecified atom stereocenters. The number of nitrogens with one attached hydrogen (secondary N) is 1. The molecule has 1 N–H and O–H groups in total. The van der Waals surface area contributed by atoms with Crippen molar-refractivity contribution in [1.82, 2.24) is 10.2 Å². The van der Waals surface area contributed by atoms with Gasteiger partial charge in [0.05, 0.1) is 12.8 Å². The summed E-state index contributed by atoms with van der Waals surface area (Å²) in [5, 5.41) is 12.4. The highest BCUT2D eigenvalue weighted by molar-refractivity contribution is 8.00. The van der Waals surface area contributed by atoms with Crippen molar-refractivity contribution in [2.24, 2.45) is 0 Å². The van der Waals surface area contributed by atoms with Crippen LogP contribution >= 0.6 is 23.1 Å². The van der Waals surface area contributed by atoms with E-state index in [1.165, 1.54) is 5.56 Å². The molecule has 0 spiro atoms. The van der Waals surface area contributed by atoms with Crippen molar-refractivity contribution in [2.45, 2.75) is 23.6 Å². The van der Waals surface area contributed by atoms with E-state index in [2.05, 4.69) is 39.8 Å². The van der Waals surface area contributed by atoms with Crippen molar-refractivity contribution in [3.05, 3.63) is 59.5 Å². The van der Waals surface area contributed by atoms with E-state index in [1.54, 1.807) is 29.4 Å². The van der Waals surface area contributed by atoms with E-state index in [1.807, 2.05) is 19.1 Å². The van der Waals surface area contributed by atoms with E-state index in [9.17, 15) is 0 Å². The standard InChI is InChI=1S/C15H15N3OS2/c1-11-7-8-19-13(11)9-16-14-17-18-15(21-14)20-10-12-5-3-2-4-6-12/h2-8H,9-10H2,1H3,(H,16,17). The van der Waals surface area contributed by atoms with Gasteiger partial charge in [-0.05, 0) is 24.1 Å². The van der Waals surface area contributed by atoms with Gasteiger partial charge in [0.15, 0.2) is 4.34 Å². The normalized spacial score (nSPS) is 10.7. The first-order chi connectivity index (χ1) is 10.3. The summed E-state index contributed by atoms with van der Waals surface area (Å²) in [6.07, 6.45) is 1.70. The van der Waals surface area contributed by atoms with Gasteiger partial charge in [0.2, 0.25) is 5.13 Å². The maximum atomic E-state index is 5.39. The summed E-state index contributed by atoms with van der Waals surface area (Å²) < 4.78 is 6.36. The van der Waals surface area contributed by atoms with Gasteiger partial charge in [0.25, 0.3) is 0 Å². The quantitative estimate of drug-likeness (QED) is 0.685. The number of furan rings is 1. The number of benzene rings is 1. The molecule has 0 aliphatic heterocycles. The van der Waals surface area contributed by atoms with Crippen LogP contribution in [0.1, 0.15) is 16.9 Å². The summed E-state index contributed by atoms with van der Waals surface area (Å²) in [6.45, 7) is 2.67. The van der Waals surface area contributed by atoms with Gasteiger partial charge in [0, 0.05) is 5.75 Å². The van der Waals surface area contributed by atoms with Crippen LogP contribution in [-0.4, -0.2) is 10.2 Å². The first kappa shape index (κ1) is 14.2. The Hall–Kier alpha value is -1.79. The van der Waals surface area contributed by atoms with Crippen LogP contribution in [0.15, 0.2) is 51.4 Å². The zero-order valence-corrected chi connectivity index (χ0v) is 13.2. The average Bonchev–Trinajstić information content (AvgIpc) is 3.13. The Labute approximate surface area is 131 Å². The molecule has 0 aliphatic rings. The third-order valence-electron chi connectivity index (χ3n) is 2.98. The Morgan fingerprint density at radius 2 is 2.05 bits per heavy atom. The molecule has 0 saturated heterocycles. The Morgan fingerprint density at radius 1 is 1.19 bits per heavy atom. The van der Waals surface area contributed by atoms with Crippen molar-refractivity contribution in [3.8, 4) is 0 Å². The predicted molar refractivity (Wildman–Crippen MR) is 86.7 cm³/mol. The van der Waals surface area contributed by atoms with E-state index in [0.29, 0.717) is 6.54 Å². The van der Waals surface area contributed by atoms with Crippen molar-refractivity contribution in [1.29, 1.82) is 0 Å². The minimum Gasteiger partial charge on any atom is -0.467 e. The number of hydrogen-bond donors (Lipinski definition) is 1. The van der Waals surface area contributed by atoms with E-state index in [-0.39, 0.29) is 0 Å². The number of thioether (sulfide) groups is 1. The lowest BCUT2D eigenvalue weighted by atomic mass is 10.2. The molecular formula is C15H15N3OS2. The summed E-state index contributed by atoms with van der Waals surface area (Å²) >= 11 is 3.27. The molecule has 0 saturated carbocycles.